The maximum atomic E-state index is 10.2. The Balaban J connectivity index is 1.64. The van der Waals surface area contributed by atoms with Crippen molar-refractivity contribution in [2.45, 2.75) is 70.5 Å². The van der Waals surface area contributed by atoms with Crippen molar-refractivity contribution in [3.63, 3.8) is 0 Å². The lowest BCUT2D eigenvalue weighted by Crippen LogP contribution is -2.48. The van der Waals surface area contributed by atoms with E-state index in [1.54, 1.807) is 5.57 Å². The molecule has 112 valence electrons. The molecule has 0 bridgehead atoms. The highest BCUT2D eigenvalue weighted by molar-refractivity contribution is 5.24. The minimum atomic E-state index is -0.195. The van der Waals surface area contributed by atoms with Crippen LogP contribution in [0.1, 0.15) is 58.3 Å². The van der Waals surface area contributed by atoms with Gasteiger partial charge in [0, 0.05) is 0 Å². The van der Waals surface area contributed by atoms with E-state index < -0.39 is 0 Å². The minimum absolute atomic E-state index is 0.0149. The van der Waals surface area contributed by atoms with Crippen molar-refractivity contribution in [3.8, 4) is 0 Å². The van der Waals surface area contributed by atoms with Crippen LogP contribution in [0.2, 0.25) is 0 Å². The quantitative estimate of drug-likeness (QED) is 0.667. The van der Waals surface area contributed by atoms with E-state index in [2.05, 4.69) is 13.0 Å². The summed E-state index contributed by atoms with van der Waals surface area (Å²) in [5.74, 6) is 3.03. The van der Waals surface area contributed by atoms with E-state index >= 15 is 0 Å². The fourth-order valence-corrected chi connectivity index (χ4v) is 6.33. The molecule has 3 saturated carbocycles. The second-order valence-electron chi connectivity index (χ2n) is 8.07. The van der Waals surface area contributed by atoms with Crippen LogP contribution in [0, 0.1) is 29.1 Å². The first-order valence-corrected chi connectivity index (χ1v) is 8.67. The second-order valence-corrected chi connectivity index (χ2v) is 8.07. The first kappa shape index (κ1) is 13.3. The van der Waals surface area contributed by atoms with Crippen LogP contribution in [-0.2, 0) is 0 Å². The van der Waals surface area contributed by atoms with Crippen LogP contribution in [0.4, 0.5) is 0 Å². The van der Waals surface area contributed by atoms with Gasteiger partial charge in [-0.2, -0.15) is 0 Å². The van der Waals surface area contributed by atoms with Gasteiger partial charge in [-0.25, -0.2) is 0 Å². The lowest BCUT2D eigenvalue weighted by Gasteiger charge is -2.55. The van der Waals surface area contributed by atoms with E-state index in [9.17, 15) is 10.2 Å². The SMILES string of the molecule is C[C@]12CC[C@H](O)C=C1CC[C@H]1[C@@H]3CC[C@H](O)[C@H]3CC[C@@H]12. The first-order chi connectivity index (χ1) is 9.59. The highest BCUT2D eigenvalue weighted by Crippen LogP contribution is 2.61. The van der Waals surface area contributed by atoms with E-state index in [4.69, 9.17) is 0 Å². The van der Waals surface area contributed by atoms with Gasteiger partial charge in [0.25, 0.3) is 0 Å². The molecule has 0 aromatic carbocycles. The zero-order valence-corrected chi connectivity index (χ0v) is 12.6. The largest absolute Gasteiger partial charge is 0.393 e. The molecule has 0 saturated heterocycles. The van der Waals surface area contributed by atoms with Crippen molar-refractivity contribution < 1.29 is 10.2 Å². The van der Waals surface area contributed by atoms with E-state index in [1.807, 2.05) is 0 Å². The summed E-state index contributed by atoms with van der Waals surface area (Å²) in [4.78, 5) is 0. The van der Waals surface area contributed by atoms with E-state index in [0.717, 1.165) is 30.6 Å². The summed E-state index contributed by atoms with van der Waals surface area (Å²) in [6.07, 6.45) is 11.4. The second kappa shape index (κ2) is 4.58. The third-order valence-corrected chi connectivity index (χ3v) is 7.37. The monoisotopic (exact) mass is 276 g/mol. The third kappa shape index (κ3) is 1.77. The van der Waals surface area contributed by atoms with E-state index in [-0.39, 0.29) is 12.2 Å². The van der Waals surface area contributed by atoms with Gasteiger partial charge < -0.3 is 10.2 Å². The zero-order chi connectivity index (χ0) is 13.9. The molecule has 2 N–H and O–H groups in total. The molecule has 0 radical (unpaired) electrons. The van der Waals surface area contributed by atoms with Crippen molar-refractivity contribution >= 4 is 0 Å². The predicted molar refractivity (Wildman–Crippen MR) is 79.1 cm³/mol. The van der Waals surface area contributed by atoms with Gasteiger partial charge in [0.1, 0.15) is 0 Å². The molecule has 0 unspecified atom stereocenters. The molecule has 0 aromatic rings. The van der Waals surface area contributed by atoms with Gasteiger partial charge in [-0.15, -0.1) is 0 Å². The molecule has 2 heteroatoms. The average molecular weight is 276 g/mol. The van der Waals surface area contributed by atoms with Gasteiger partial charge in [-0.1, -0.05) is 18.6 Å². The summed E-state index contributed by atoms with van der Waals surface area (Å²) in [5, 5.41) is 20.1. The standard InChI is InChI=1S/C18H28O2/c1-18-9-8-12(19)10-11(18)2-3-14-13-5-7-17(20)15(13)4-6-16(14)18/h10,12-17,19-20H,2-9H2,1H3/t12-,13-,14-,15-,16-,17-,18-/m0/s1. The number of rotatable bonds is 0. The highest BCUT2D eigenvalue weighted by atomic mass is 16.3. The van der Waals surface area contributed by atoms with Gasteiger partial charge in [0.05, 0.1) is 12.2 Å². The maximum absolute atomic E-state index is 10.2. The van der Waals surface area contributed by atoms with Crippen molar-refractivity contribution in [1.82, 2.24) is 0 Å². The molecule has 4 rings (SSSR count). The molecule has 0 heterocycles. The van der Waals surface area contributed by atoms with Gasteiger partial charge in [-0.05, 0) is 80.5 Å². The highest BCUT2D eigenvalue weighted by Gasteiger charge is 2.54. The smallest absolute Gasteiger partial charge is 0.0724 e. The normalized spacial score (nSPS) is 54.6. The number of aliphatic hydroxyl groups is 2. The van der Waals surface area contributed by atoms with Crippen LogP contribution >= 0.6 is 0 Å². The van der Waals surface area contributed by atoms with Crippen molar-refractivity contribution in [1.29, 1.82) is 0 Å². The summed E-state index contributed by atoms with van der Waals surface area (Å²) in [6, 6.07) is 0. The van der Waals surface area contributed by atoms with Crippen molar-refractivity contribution in [2.24, 2.45) is 29.1 Å². The summed E-state index contributed by atoms with van der Waals surface area (Å²) < 4.78 is 0. The summed E-state index contributed by atoms with van der Waals surface area (Å²) >= 11 is 0. The molecule has 4 aliphatic rings. The topological polar surface area (TPSA) is 40.5 Å². The molecule has 0 spiro atoms. The fraction of sp³-hybridized carbons (Fsp3) is 0.889. The minimum Gasteiger partial charge on any atom is -0.393 e. The molecule has 3 fully saturated rings. The Kier molecular flexibility index (Phi) is 3.05. The van der Waals surface area contributed by atoms with Gasteiger partial charge in [0.2, 0.25) is 0 Å². The first-order valence-electron chi connectivity index (χ1n) is 8.67. The number of allylic oxidation sites excluding steroid dienone is 1. The van der Waals surface area contributed by atoms with E-state index in [0.29, 0.717) is 11.3 Å². The molecular weight excluding hydrogens is 248 g/mol. The number of hydrogen-bond donors (Lipinski definition) is 2. The van der Waals surface area contributed by atoms with Crippen LogP contribution in [0.5, 0.6) is 0 Å². The van der Waals surface area contributed by atoms with Crippen molar-refractivity contribution in [2.75, 3.05) is 0 Å². The average Bonchev–Trinajstić information content (AvgIpc) is 2.82. The molecule has 4 aliphatic carbocycles. The van der Waals surface area contributed by atoms with Gasteiger partial charge >= 0.3 is 0 Å². The van der Waals surface area contributed by atoms with Crippen LogP contribution in [-0.4, -0.2) is 22.4 Å². The Hall–Kier alpha value is -0.340. The molecule has 2 nitrogen and oxygen atoms in total. The molecule has 0 aliphatic heterocycles. The predicted octanol–water partition coefficient (Wildman–Crippen LogP) is 3.28. The molecular formula is C18H28O2. The maximum Gasteiger partial charge on any atom is 0.0724 e. The summed E-state index contributed by atoms with van der Waals surface area (Å²) in [5.41, 5.74) is 1.90. The summed E-state index contributed by atoms with van der Waals surface area (Å²) in [7, 11) is 0. The summed E-state index contributed by atoms with van der Waals surface area (Å²) in [6.45, 7) is 2.47. The van der Waals surface area contributed by atoms with Crippen LogP contribution < -0.4 is 0 Å². The van der Waals surface area contributed by atoms with E-state index in [1.165, 1.54) is 38.5 Å². The van der Waals surface area contributed by atoms with Crippen LogP contribution in [0.25, 0.3) is 0 Å². The molecule has 7 atom stereocenters. The Labute approximate surface area is 122 Å². The van der Waals surface area contributed by atoms with Crippen LogP contribution in [0.3, 0.4) is 0 Å². The molecule has 0 amide bonds. The lowest BCUT2D eigenvalue weighted by atomic mass is 9.50. The van der Waals surface area contributed by atoms with Crippen LogP contribution in [0.15, 0.2) is 11.6 Å². The zero-order valence-electron chi connectivity index (χ0n) is 12.6. The third-order valence-electron chi connectivity index (χ3n) is 7.37. The fourth-order valence-electron chi connectivity index (χ4n) is 6.33. The van der Waals surface area contributed by atoms with Gasteiger partial charge in [0.15, 0.2) is 0 Å². The Bertz CT molecular complexity index is 429. The molecule has 0 aromatic heterocycles. The lowest BCUT2D eigenvalue weighted by molar-refractivity contribution is -0.0275. The number of fused-ring (bicyclic) bond motifs is 5. The number of hydrogen-bond acceptors (Lipinski definition) is 2. The Morgan fingerprint density at radius 3 is 2.60 bits per heavy atom. The molecule has 20 heavy (non-hydrogen) atoms. The van der Waals surface area contributed by atoms with Crippen molar-refractivity contribution in [3.05, 3.63) is 11.6 Å². The number of aliphatic hydroxyl groups excluding tert-OH is 2. The van der Waals surface area contributed by atoms with Gasteiger partial charge in [-0.3, -0.25) is 0 Å². The Morgan fingerprint density at radius 2 is 1.75 bits per heavy atom. The Morgan fingerprint density at radius 1 is 0.950 bits per heavy atom.